The number of carbonyl (C=O) groups is 5. The number of nitrogens with one attached hydrogen (secondary N) is 3. The van der Waals surface area contributed by atoms with Crippen LogP contribution in [0, 0.1) is 17.7 Å². The van der Waals surface area contributed by atoms with Crippen molar-refractivity contribution in [3.05, 3.63) is 111 Å². The summed E-state index contributed by atoms with van der Waals surface area (Å²) >= 11 is 0. The van der Waals surface area contributed by atoms with Crippen LogP contribution >= 0.6 is 0 Å². The third-order valence-electron chi connectivity index (χ3n) is 16.2. The number of piperazine rings is 2. The second-order valence-corrected chi connectivity index (χ2v) is 21.2. The molecular weight excluding hydrogens is 916 g/mol. The normalized spacial score (nSPS) is 20.3. The number of halogens is 1. The molecule has 4 aliphatic heterocycles. The van der Waals surface area contributed by atoms with Gasteiger partial charge in [-0.1, -0.05) is 55.7 Å². The van der Waals surface area contributed by atoms with E-state index in [1.807, 2.05) is 51.1 Å². The summed E-state index contributed by atoms with van der Waals surface area (Å²) in [5.74, 6) is -0.233. The quantitative estimate of drug-likeness (QED) is 0.159. The molecule has 0 spiro atoms. The van der Waals surface area contributed by atoms with Crippen LogP contribution < -0.4 is 16.2 Å². The topological polar surface area (TPSA) is 175 Å². The summed E-state index contributed by atoms with van der Waals surface area (Å²) in [5.41, 5.74) is 2.62. The maximum atomic E-state index is 15.1. The minimum atomic E-state index is -0.605. The van der Waals surface area contributed by atoms with E-state index in [9.17, 15) is 28.8 Å². The van der Waals surface area contributed by atoms with Crippen LogP contribution in [0.1, 0.15) is 101 Å². The molecule has 72 heavy (non-hydrogen) atoms. The molecule has 0 bridgehead atoms. The zero-order valence-corrected chi connectivity index (χ0v) is 41.4. The largest absolute Gasteiger partial charge is 0.340 e. The van der Waals surface area contributed by atoms with Gasteiger partial charge in [0.25, 0.3) is 17.4 Å². The molecule has 17 heteroatoms. The van der Waals surface area contributed by atoms with E-state index in [-0.39, 0.29) is 46.6 Å². The zero-order chi connectivity index (χ0) is 49.7. The Morgan fingerprint density at radius 2 is 1.40 bits per heavy atom. The SMILES string of the molecule is O=C(N[C@@H](C(=O)N1CCN(CC2CCN(CC(=O)N3CCN(C(=O)c4cc(Cc5n[nH]c(=O)c6ccccc56)ccc4F)CC3)CC2)CC1)C1CCCCC1)c1cccc(C2CN(C(=O)CNC3CC3)C2)c1. The van der Waals surface area contributed by atoms with Crippen LogP contribution in [0.15, 0.2) is 71.5 Å². The Balaban J connectivity index is 0.647. The predicted molar refractivity (Wildman–Crippen MR) is 271 cm³/mol. The van der Waals surface area contributed by atoms with Gasteiger partial charge in [0.05, 0.1) is 29.7 Å². The molecule has 0 unspecified atom stereocenters. The highest BCUT2D eigenvalue weighted by molar-refractivity contribution is 5.98. The van der Waals surface area contributed by atoms with Crippen LogP contribution in [0.25, 0.3) is 10.8 Å². The lowest BCUT2D eigenvalue weighted by Crippen LogP contribution is -2.57. The fraction of sp³-hybridized carbons (Fsp3) is 0.545. The molecule has 1 atom stereocenters. The zero-order valence-electron chi connectivity index (χ0n) is 41.4. The van der Waals surface area contributed by atoms with Gasteiger partial charge in [-0.2, -0.15) is 5.10 Å². The Labute approximate surface area is 420 Å². The number of likely N-dealkylation sites (tertiary alicyclic amines) is 2. The molecule has 0 radical (unpaired) electrons. The van der Waals surface area contributed by atoms with Crippen molar-refractivity contribution in [2.75, 3.05) is 98.2 Å². The van der Waals surface area contributed by atoms with E-state index in [0.717, 1.165) is 96.1 Å². The Morgan fingerprint density at radius 3 is 2.14 bits per heavy atom. The van der Waals surface area contributed by atoms with Gasteiger partial charge >= 0.3 is 0 Å². The lowest BCUT2D eigenvalue weighted by atomic mass is 9.83. The van der Waals surface area contributed by atoms with Gasteiger partial charge in [-0.25, -0.2) is 9.49 Å². The summed E-state index contributed by atoms with van der Waals surface area (Å²) in [6.07, 6.45) is 9.71. The van der Waals surface area contributed by atoms with E-state index in [2.05, 4.69) is 30.6 Å². The number of piperidine rings is 1. The number of H-pyrrole nitrogens is 1. The van der Waals surface area contributed by atoms with Crippen molar-refractivity contribution >= 4 is 40.3 Å². The van der Waals surface area contributed by atoms with E-state index >= 15 is 4.39 Å². The van der Waals surface area contributed by atoms with E-state index < -0.39 is 17.8 Å². The monoisotopic (exact) mass is 985 g/mol. The van der Waals surface area contributed by atoms with Crippen molar-refractivity contribution in [2.45, 2.75) is 82.2 Å². The third kappa shape index (κ3) is 11.7. The molecule has 16 nitrogen and oxygen atoms in total. The van der Waals surface area contributed by atoms with Gasteiger partial charge < -0.3 is 30.2 Å². The summed E-state index contributed by atoms with van der Waals surface area (Å²) in [6.45, 7) is 8.86. The van der Waals surface area contributed by atoms with Gasteiger partial charge in [-0.3, -0.25) is 38.6 Å². The van der Waals surface area contributed by atoms with E-state index in [1.54, 1.807) is 29.2 Å². The summed E-state index contributed by atoms with van der Waals surface area (Å²) in [4.78, 5) is 92.1. The standard InChI is InChI=1S/C55H69FN10O6/c56-47-16-13-38(30-48-44-11-4-5-12-45(44)53(70)60-59-48)29-46(47)54(71)64-27-25-63(26-28-64)50(68)36-61-19-17-37(18-20-61)33-62-21-23-65(24-22-62)55(72)51(39-7-2-1-3-8-39)58-52(69)41-10-6-9-40(31-41)42-34-66(35-42)49(67)32-57-43-14-15-43/h4-6,9-13,16,29,31,37,39,42-43,51,57H,1-3,7-8,14-15,17-28,30,32-36H2,(H,58,69)(H,60,70)/t51-/m1/s1. The van der Waals surface area contributed by atoms with Crippen molar-refractivity contribution in [3.8, 4) is 0 Å². The molecule has 2 aliphatic carbocycles. The first kappa shape index (κ1) is 49.5. The lowest BCUT2D eigenvalue weighted by molar-refractivity contribution is -0.137. The number of carbonyl (C=O) groups excluding carboxylic acids is 5. The van der Waals surface area contributed by atoms with Gasteiger partial charge in [-0.15, -0.1) is 0 Å². The molecule has 5 heterocycles. The van der Waals surface area contributed by atoms with Crippen molar-refractivity contribution < 1.29 is 28.4 Å². The molecule has 3 aromatic carbocycles. The second-order valence-electron chi connectivity index (χ2n) is 21.2. The maximum Gasteiger partial charge on any atom is 0.272 e. The highest BCUT2D eigenvalue weighted by Crippen LogP contribution is 2.31. The minimum absolute atomic E-state index is 0.0219. The molecule has 3 N–H and O–H groups in total. The fourth-order valence-electron chi connectivity index (χ4n) is 11.5. The van der Waals surface area contributed by atoms with Gasteiger partial charge in [0.2, 0.25) is 17.7 Å². The Hall–Kier alpha value is -6.04. The highest BCUT2D eigenvalue weighted by Gasteiger charge is 2.37. The van der Waals surface area contributed by atoms with Gasteiger partial charge in [0, 0.05) is 101 Å². The molecule has 6 aliphatic rings. The predicted octanol–water partition coefficient (Wildman–Crippen LogP) is 3.85. The number of nitrogens with zero attached hydrogens (tertiary/aromatic N) is 7. The molecule has 2 saturated carbocycles. The fourth-order valence-corrected chi connectivity index (χ4v) is 11.5. The molecular formula is C55H69FN10O6. The Kier molecular flexibility index (Phi) is 15.4. The first-order chi connectivity index (χ1) is 35.0. The lowest BCUT2D eigenvalue weighted by Gasteiger charge is -2.41. The number of fused-ring (bicyclic) bond motifs is 1. The smallest absolute Gasteiger partial charge is 0.272 e. The van der Waals surface area contributed by atoms with Crippen LogP contribution in [0.3, 0.4) is 0 Å². The number of benzene rings is 3. The highest BCUT2D eigenvalue weighted by atomic mass is 19.1. The van der Waals surface area contributed by atoms with E-state index in [4.69, 9.17) is 0 Å². The molecule has 5 amide bonds. The summed E-state index contributed by atoms with van der Waals surface area (Å²) in [6, 6.07) is 19.3. The molecule has 6 fully saturated rings. The summed E-state index contributed by atoms with van der Waals surface area (Å²) < 4.78 is 15.1. The van der Waals surface area contributed by atoms with Gasteiger partial charge in [0.1, 0.15) is 11.9 Å². The van der Waals surface area contributed by atoms with E-state index in [1.165, 1.54) is 6.07 Å². The van der Waals surface area contributed by atoms with Crippen LogP contribution in [0.4, 0.5) is 4.39 Å². The second kappa shape index (κ2) is 22.4. The number of hydrogen-bond donors (Lipinski definition) is 3. The first-order valence-corrected chi connectivity index (χ1v) is 26.5. The minimum Gasteiger partial charge on any atom is -0.340 e. The molecule has 1 aromatic heterocycles. The van der Waals surface area contributed by atoms with Gasteiger partial charge in [0.15, 0.2) is 0 Å². The van der Waals surface area contributed by atoms with Crippen molar-refractivity contribution in [1.82, 2.24) is 50.2 Å². The summed E-state index contributed by atoms with van der Waals surface area (Å²) in [7, 11) is 0. The Morgan fingerprint density at radius 1 is 0.694 bits per heavy atom. The average molecular weight is 985 g/mol. The number of hydrogen-bond acceptors (Lipinski definition) is 10. The van der Waals surface area contributed by atoms with Crippen LogP contribution in [0.2, 0.25) is 0 Å². The van der Waals surface area contributed by atoms with Crippen molar-refractivity contribution in [2.24, 2.45) is 11.8 Å². The van der Waals surface area contributed by atoms with Gasteiger partial charge in [-0.05, 0) is 105 Å². The van der Waals surface area contributed by atoms with Crippen molar-refractivity contribution in [3.63, 3.8) is 0 Å². The number of rotatable bonds is 15. The molecule has 4 aromatic rings. The number of aromatic nitrogens is 2. The average Bonchev–Trinajstić information content (AvgIpc) is 4.24. The molecule has 382 valence electrons. The van der Waals surface area contributed by atoms with Crippen LogP contribution in [-0.4, -0.2) is 179 Å². The third-order valence-corrected chi connectivity index (χ3v) is 16.2. The number of aromatic amines is 1. The Bertz CT molecular complexity index is 2680. The summed E-state index contributed by atoms with van der Waals surface area (Å²) in [5, 5.41) is 14.5. The first-order valence-electron chi connectivity index (χ1n) is 26.5. The van der Waals surface area contributed by atoms with Crippen molar-refractivity contribution in [1.29, 1.82) is 0 Å². The maximum absolute atomic E-state index is 15.1. The van der Waals surface area contributed by atoms with Crippen LogP contribution in [0.5, 0.6) is 0 Å². The number of amides is 5. The molecule has 10 rings (SSSR count). The van der Waals surface area contributed by atoms with Crippen LogP contribution in [-0.2, 0) is 20.8 Å². The molecule has 4 saturated heterocycles. The van der Waals surface area contributed by atoms with E-state index in [0.29, 0.717) is 111 Å².